The number of hydrogen-bond donors (Lipinski definition) is 1. The summed E-state index contributed by atoms with van der Waals surface area (Å²) in [4.78, 5) is 14.3. The van der Waals surface area contributed by atoms with Crippen LogP contribution in [-0.4, -0.2) is 54.1 Å². The van der Waals surface area contributed by atoms with Gasteiger partial charge in [0.05, 0.1) is 19.3 Å². The van der Waals surface area contributed by atoms with Gasteiger partial charge in [0.15, 0.2) is 5.79 Å². The van der Waals surface area contributed by atoms with Gasteiger partial charge in [-0.2, -0.15) is 0 Å². The molecule has 1 spiro atoms. The number of aliphatic hydroxyl groups is 1. The molecule has 19 heavy (non-hydrogen) atoms. The van der Waals surface area contributed by atoms with Crippen molar-refractivity contribution in [2.24, 2.45) is 5.92 Å². The highest BCUT2D eigenvalue weighted by atomic mass is 16.7. The summed E-state index contributed by atoms with van der Waals surface area (Å²) in [6.07, 6.45) is 4.71. The first-order chi connectivity index (χ1) is 9.19. The molecule has 0 aromatic heterocycles. The molecule has 2 saturated heterocycles. The molecule has 2 heterocycles. The van der Waals surface area contributed by atoms with Crippen LogP contribution in [0.4, 0.5) is 0 Å². The Balaban J connectivity index is 1.54. The smallest absolute Gasteiger partial charge is 0.225 e. The van der Waals surface area contributed by atoms with E-state index in [0.717, 1.165) is 45.1 Å². The number of carbonyl (C=O) groups is 1. The topological polar surface area (TPSA) is 59.0 Å². The zero-order valence-electron chi connectivity index (χ0n) is 11.3. The first-order valence-corrected chi connectivity index (χ1v) is 7.43. The van der Waals surface area contributed by atoms with Gasteiger partial charge in [-0.25, -0.2) is 0 Å². The van der Waals surface area contributed by atoms with E-state index in [1.54, 1.807) is 0 Å². The summed E-state index contributed by atoms with van der Waals surface area (Å²) in [5.74, 6) is -0.0895. The molecule has 0 bridgehead atoms. The fraction of sp³-hybridized carbons (Fsp3) is 0.929. The zero-order valence-corrected chi connectivity index (χ0v) is 11.3. The first-order valence-electron chi connectivity index (χ1n) is 7.43. The Morgan fingerprint density at radius 2 is 1.84 bits per heavy atom. The van der Waals surface area contributed by atoms with Gasteiger partial charge in [-0.05, 0) is 25.7 Å². The van der Waals surface area contributed by atoms with Crippen molar-refractivity contribution in [1.82, 2.24) is 4.90 Å². The van der Waals surface area contributed by atoms with E-state index in [4.69, 9.17) is 9.47 Å². The highest BCUT2D eigenvalue weighted by Crippen LogP contribution is 2.39. The summed E-state index contributed by atoms with van der Waals surface area (Å²) < 4.78 is 11.4. The maximum Gasteiger partial charge on any atom is 0.225 e. The minimum Gasteiger partial charge on any atom is -0.391 e. The van der Waals surface area contributed by atoms with Crippen LogP contribution >= 0.6 is 0 Å². The third kappa shape index (κ3) is 2.78. The maximum absolute atomic E-state index is 12.4. The lowest BCUT2D eigenvalue weighted by molar-refractivity contribution is -0.185. The van der Waals surface area contributed by atoms with E-state index in [1.807, 2.05) is 4.90 Å². The Morgan fingerprint density at radius 3 is 2.47 bits per heavy atom. The highest BCUT2D eigenvalue weighted by Gasteiger charge is 2.42. The van der Waals surface area contributed by atoms with E-state index in [1.165, 1.54) is 0 Å². The molecule has 0 radical (unpaired) electrons. The Hall–Kier alpha value is -0.650. The number of β-amino-alcohol motifs (C(OH)–C–C–N with tert-alkyl or cyclic N) is 1. The second-order valence-corrected chi connectivity index (χ2v) is 5.96. The van der Waals surface area contributed by atoms with Gasteiger partial charge in [-0.1, -0.05) is 0 Å². The molecular weight excluding hydrogens is 246 g/mol. The predicted octanol–water partition coefficient (Wildman–Crippen LogP) is 0.903. The van der Waals surface area contributed by atoms with Crippen molar-refractivity contribution >= 4 is 5.91 Å². The fourth-order valence-corrected chi connectivity index (χ4v) is 3.50. The van der Waals surface area contributed by atoms with Crippen LogP contribution in [0.1, 0.15) is 38.5 Å². The standard InChI is InChI=1S/C14H23NO4/c16-12-2-1-7-15(10-12)13(17)11-3-5-14(6-4-11)18-8-9-19-14/h11-12,16H,1-10H2. The van der Waals surface area contributed by atoms with Crippen molar-refractivity contribution in [2.75, 3.05) is 26.3 Å². The van der Waals surface area contributed by atoms with Crippen molar-refractivity contribution < 1.29 is 19.4 Å². The average Bonchev–Trinajstić information content (AvgIpc) is 2.87. The van der Waals surface area contributed by atoms with Gasteiger partial charge in [0.25, 0.3) is 0 Å². The molecule has 5 nitrogen and oxygen atoms in total. The van der Waals surface area contributed by atoms with Gasteiger partial charge in [-0.15, -0.1) is 0 Å². The second kappa shape index (κ2) is 5.38. The third-order valence-electron chi connectivity index (χ3n) is 4.62. The molecule has 1 unspecified atom stereocenters. The Morgan fingerprint density at radius 1 is 1.16 bits per heavy atom. The van der Waals surface area contributed by atoms with Crippen molar-refractivity contribution in [3.05, 3.63) is 0 Å². The van der Waals surface area contributed by atoms with Crippen molar-refractivity contribution in [2.45, 2.75) is 50.4 Å². The third-order valence-corrected chi connectivity index (χ3v) is 4.62. The molecule has 1 saturated carbocycles. The summed E-state index contributed by atoms with van der Waals surface area (Å²) >= 11 is 0. The second-order valence-electron chi connectivity index (χ2n) is 5.96. The lowest BCUT2D eigenvalue weighted by Gasteiger charge is -2.38. The molecule has 2 aliphatic heterocycles. The van der Waals surface area contributed by atoms with Crippen LogP contribution in [0.2, 0.25) is 0 Å². The van der Waals surface area contributed by atoms with E-state index < -0.39 is 5.79 Å². The molecule has 1 N–H and O–H groups in total. The number of aliphatic hydroxyl groups excluding tert-OH is 1. The zero-order chi connectivity index (χ0) is 13.3. The van der Waals surface area contributed by atoms with Crippen LogP contribution < -0.4 is 0 Å². The summed E-state index contributed by atoms with van der Waals surface area (Å²) in [6.45, 7) is 2.66. The molecule has 1 amide bonds. The normalized spacial score (nSPS) is 31.8. The SMILES string of the molecule is O=C(C1CCC2(CC1)OCCO2)N1CCCC(O)C1. The molecule has 1 atom stereocenters. The number of nitrogens with zero attached hydrogens (tertiary/aromatic N) is 1. The van der Waals surface area contributed by atoms with Crippen LogP contribution in [0.25, 0.3) is 0 Å². The van der Waals surface area contributed by atoms with E-state index in [-0.39, 0.29) is 17.9 Å². The molecule has 108 valence electrons. The van der Waals surface area contributed by atoms with Gasteiger partial charge in [0, 0.05) is 31.8 Å². The highest BCUT2D eigenvalue weighted by molar-refractivity contribution is 5.79. The number of likely N-dealkylation sites (tertiary alicyclic amines) is 1. The number of carbonyl (C=O) groups excluding carboxylic acids is 1. The molecule has 3 fully saturated rings. The van der Waals surface area contributed by atoms with Crippen molar-refractivity contribution in [1.29, 1.82) is 0 Å². The Bertz CT molecular complexity index is 330. The van der Waals surface area contributed by atoms with Crippen LogP contribution in [0.5, 0.6) is 0 Å². The van der Waals surface area contributed by atoms with E-state index in [2.05, 4.69) is 0 Å². The van der Waals surface area contributed by atoms with Gasteiger partial charge in [0.1, 0.15) is 0 Å². The average molecular weight is 269 g/mol. The van der Waals surface area contributed by atoms with Gasteiger partial charge >= 0.3 is 0 Å². The predicted molar refractivity (Wildman–Crippen MR) is 68.4 cm³/mol. The minimum atomic E-state index is -0.391. The number of hydrogen-bond acceptors (Lipinski definition) is 4. The fourth-order valence-electron chi connectivity index (χ4n) is 3.50. The summed E-state index contributed by atoms with van der Waals surface area (Å²) in [5.41, 5.74) is 0. The summed E-state index contributed by atoms with van der Waals surface area (Å²) in [5, 5.41) is 9.66. The van der Waals surface area contributed by atoms with Crippen molar-refractivity contribution in [3.63, 3.8) is 0 Å². The lowest BCUT2D eigenvalue weighted by atomic mass is 9.84. The molecular formula is C14H23NO4. The Kier molecular flexibility index (Phi) is 3.78. The van der Waals surface area contributed by atoms with Crippen molar-refractivity contribution in [3.8, 4) is 0 Å². The molecule has 5 heteroatoms. The van der Waals surface area contributed by atoms with E-state index in [0.29, 0.717) is 19.8 Å². The van der Waals surface area contributed by atoms with Gasteiger partial charge < -0.3 is 19.5 Å². The molecule has 3 aliphatic rings. The lowest BCUT2D eigenvalue weighted by Crippen LogP contribution is -2.47. The van der Waals surface area contributed by atoms with Gasteiger partial charge in [-0.3, -0.25) is 4.79 Å². The van der Waals surface area contributed by atoms with Crippen LogP contribution in [-0.2, 0) is 14.3 Å². The number of ether oxygens (including phenoxy) is 2. The maximum atomic E-state index is 12.4. The van der Waals surface area contributed by atoms with E-state index in [9.17, 15) is 9.90 Å². The monoisotopic (exact) mass is 269 g/mol. The quantitative estimate of drug-likeness (QED) is 0.768. The number of rotatable bonds is 1. The number of amides is 1. The molecule has 3 rings (SSSR count). The number of piperidine rings is 1. The van der Waals surface area contributed by atoms with Crippen LogP contribution in [0.3, 0.4) is 0 Å². The minimum absolute atomic E-state index is 0.0868. The van der Waals surface area contributed by atoms with Crippen LogP contribution in [0.15, 0.2) is 0 Å². The summed E-state index contributed by atoms with van der Waals surface area (Å²) in [6, 6.07) is 0. The molecule has 0 aromatic rings. The largest absolute Gasteiger partial charge is 0.391 e. The molecule has 1 aliphatic carbocycles. The first kappa shape index (κ1) is 13.3. The van der Waals surface area contributed by atoms with Gasteiger partial charge in [0.2, 0.25) is 5.91 Å². The van der Waals surface area contributed by atoms with Crippen LogP contribution in [0, 0.1) is 5.92 Å². The molecule has 0 aromatic carbocycles. The van der Waals surface area contributed by atoms with E-state index >= 15 is 0 Å². The Labute approximate surface area is 113 Å². The summed E-state index contributed by atoms with van der Waals surface area (Å²) in [7, 11) is 0.